The molecule has 68 valence electrons. The highest BCUT2D eigenvalue weighted by molar-refractivity contribution is 5.07. The smallest absolute Gasteiger partial charge is 0.0468 e. The summed E-state index contributed by atoms with van der Waals surface area (Å²) in [5.41, 5.74) is 0.851. The Labute approximate surface area is 74.5 Å². The molecular weight excluding hydrogens is 148 g/mol. The van der Waals surface area contributed by atoms with E-state index in [1.807, 2.05) is 0 Å². The first-order valence-corrected chi connectivity index (χ1v) is 5.49. The monoisotopic (exact) mass is 166 g/mol. The topological polar surface area (TPSA) is 9.23 Å². The lowest BCUT2D eigenvalue weighted by Crippen LogP contribution is -2.25. The van der Waals surface area contributed by atoms with Gasteiger partial charge in [-0.05, 0) is 55.8 Å². The largest absolute Gasteiger partial charge is 0.381 e. The molecule has 0 spiro atoms. The van der Waals surface area contributed by atoms with E-state index >= 15 is 0 Å². The average molecular weight is 166 g/mol. The molecule has 0 N–H and O–H groups in total. The summed E-state index contributed by atoms with van der Waals surface area (Å²) in [5, 5.41) is 0. The molecule has 0 unspecified atom stereocenters. The molecule has 1 heteroatoms. The lowest BCUT2D eigenvalue weighted by atomic mass is 9.80. The first kappa shape index (κ1) is 7.37. The minimum Gasteiger partial charge on any atom is -0.381 e. The van der Waals surface area contributed by atoms with Crippen LogP contribution in [-0.2, 0) is 4.74 Å². The number of hydrogen-bond acceptors (Lipinski definition) is 1. The van der Waals surface area contributed by atoms with Gasteiger partial charge in [0.1, 0.15) is 0 Å². The van der Waals surface area contributed by atoms with Gasteiger partial charge >= 0.3 is 0 Å². The molecule has 1 aliphatic heterocycles. The lowest BCUT2D eigenvalue weighted by Gasteiger charge is -2.30. The van der Waals surface area contributed by atoms with E-state index in [1.54, 1.807) is 12.8 Å². The second-order valence-corrected chi connectivity index (χ2v) is 4.89. The van der Waals surface area contributed by atoms with Crippen molar-refractivity contribution in [3.63, 3.8) is 0 Å². The van der Waals surface area contributed by atoms with Crippen LogP contribution < -0.4 is 0 Å². The first-order chi connectivity index (χ1) is 5.92. The Bertz CT molecular complexity index is 173. The summed E-state index contributed by atoms with van der Waals surface area (Å²) in [7, 11) is 0. The predicted molar refractivity (Wildman–Crippen MR) is 47.9 cm³/mol. The van der Waals surface area contributed by atoms with Gasteiger partial charge in [-0.25, -0.2) is 0 Å². The Morgan fingerprint density at radius 3 is 1.92 bits per heavy atom. The first-order valence-electron chi connectivity index (χ1n) is 5.49. The normalized spacial score (nSPS) is 35.0. The molecule has 0 amide bonds. The molecule has 1 saturated heterocycles. The third-order valence-corrected chi connectivity index (χ3v) is 4.25. The lowest BCUT2D eigenvalue weighted by molar-refractivity contribution is 0.0356. The van der Waals surface area contributed by atoms with Gasteiger partial charge < -0.3 is 4.74 Å². The second-order valence-electron chi connectivity index (χ2n) is 4.89. The van der Waals surface area contributed by atoms with E-state index in [2.05, 4.69) is 0 Å². The van der Waals surface area contributed by atoms with Crippen molar-refractivity contribution in [2.24, 2.45) is 17.3 Å². The molecule has 0 aromatic rings. The summed E-state index contributed by atoms with van der Waals surface area (Å²) in [5.74, 6) is 2.18. The molecular formula is C11H18O. The van der Waals surface area contributed by atoms with Crippen molar-refractivity contribution >= 4 is 0 Å². The molecule has 1 nitrogen and oxygen atoms in total. The molecule has 0 aromatic carbocycles. The van der Waals surface area contributed by atoms with Gasteiger partial charge in [0, 0.05) is 13.2 Å². The van der Waals surface area contributed by atoms with Gasteiger partial charge in [-0.1, -0.05) is 0 Å². The van der Waals surface area contributed by atoms with Crippen LogP contribution in [0, 0.1) is 17.3 Å². The van der Waals surface area contributed by atoms with Gasteiger partial charge in [-0.2, -0.15) is 0 Å². The Morgan fingerprint density at radius 2 is 1.42 bits per heavy atom. The molecule has 12 heavy (non-hydrogen) atoms. The van der Waals surface area contributed by atoms with Crippen LogP contribution >= 0.6 is 0 Å². The standard InChI is InChI=1S/C11H18O/c1-2-9(1)11(5-6-11)10-3-7-12-8-4-10/h9-10H,1-8H2. The summed E-state index contributed by atoms with van der Waals surface area (Å²) in [6.07, 6.45) is 8.88. The van der Waals surface area contributed by atoms with Crippen LogP contribution in [0.2, 0.25) is 0 Å². The quantitative estimate of drug-likeness (QED) is 0.612. The molecule has 0 bridgehead atoms. The summed E-state index contributed by atoms with van der Waals surface area (Å²) < 4.78 is 5.42. The fraction of sp³-hybridized carbons (Fsp3) is 1.00. The highest BCUT2D eigenvalue weighted by Gasteiger charge is 2.57. The van der Waals surface area contributed by atoms with E-state index in [0.717, 1.165) is 30.5 Å². The zero-order valence-corrected chi connectivity index (χ0v) is 7.72. The van der Waals surface area contributed by atoms with Crippen molar-refractivity contribution in [2.75, 3.05) is 13.2 Å². The Hall–Kier alpha value is -0.0400. The van der Waals surface area contributed by atoms with Crippen molar-refractivity contribution in [3.05, 3.63) is 0 Å². The van der Waals surface area contributed by atoms with Crippen LogP contribution in [0.4, 0.5) is 0 Å². The Kier molecular flexibility index (Phi) is 1.52. The van der Waals surface area contributed by atoms with Crippen molar-refractivity contribution in [1.82, 2.24) is 0 Å². The van der Waals surface area contributed by atoms with Crippen molar-refractivity contribution in [3.8, 4) is 0 Å². The average Bonchev–Trinajstić information content (AvgIpc) is 2.99. The van der Waals surface area contributed by atoms with Gasteiger partial charge in [0.15, 0.2) is 0 Å². The van der Waals surface area contributed by atoms with E-state index in [4.69, 9.17) is 4.74 Å². The SMILES string of the molecule is C1CC(C2(C3CC3)CC2)CCO1. The van der Waals surface area contributed by atoms with Gasteiger partial charge in [-0.3, -0.25) is 0 Å². The maximum absolute atomic E-state index is 5.42. The van der Waals surface area contributed by atoms with Gasteiger partial charge in [0.05, 0.1) is 0 Å². The van der Waals surface area contributed by atoms with Crippen molar-refractivity contribution in [2.45, 2.75) is 38.5 Å². The van der Waals surface area contributed by atoms with Crippen LogP contribution in [0.15, 0.2) is 0 Å². The minimum absolute atomic E-state index is 0.851. The van der Waals surface area contributed by atoms with Crippen LogP contribution in [-0.4, -0.2) is 13.2 Å². The van der Waals surface area contributed by atoms with Crippen LogP contribution in [0.3, 0.4) is 0 Å². The molecule has 3 fully saturated rings. The molecule has 1 heterocycles. The van der Waals surface area contributed by atoms with E-state index < -0.39 is 0 Å². The third kappa shape index (κ3) is 1.02. The Morgan fingerprint density at radius 1 is 0.833 bits per heavy atom. The maximum Gasteiger partial charge on any atom is 0.0468 e. The third-order valence-electron chi connectivity index (χ3n) is 4.25. The summed E-state index contributed by atoms with van der Waals surface area (Å²) in [6, 6.07) is 0. The highest BCUT2D eigenvalue weighted by atomic mass is 16.5. The highest BCUT2D eigenvalue weighted by Crippen LogP contribution is 2.67. The molecule has 3 aliphatic rings. The number of hydrogen-bond donors (Lipinski definition) is 0. The molecule has 0 atom stereocenters. The summed E-state index contributed by atoms with van der Waals surface area (Å²) in [6.45, 7) is 2.08. The van der Waals surface area contributed by atoms with E-state index in [9.17, 15) is 0 Å². The van der Waals surface area contributed by atoms with E-state index in [1.165, 1.54) is 25.7 Å². The minimum atomic E-state index is 0.851. The predicted octanol–water partition coefficient (Wildman–Crippen LogP) is 2.60. The molecule has 3 rings (SSSR count). The molecule has 0 radical (unpaired) electrons. The fourth-order valence-electron chi connectivity index (χ4n) is 3.22. The summed E-state index contributed by atoms with van der Waals surface area (Å²) >= 11 is 0. The zero-order chi connectivity index (χ0) is 8.02. The zero-order valence-electron chi connectivity index (χ0n) is 7.72. The van der Waals surface area contributed by atoms with Crippen molar-refractivity contribution < 1.29 is 4.74 Å². The van der Waals surface area contributed by atoms with Crippen LogP contribution in [0.5, 0.6) is 0 Å². The molecule has 0 aromatic heterocycles. The van der Waals surface area contributed by atoms with Gasteiger partial charge in [-0.15, -0.1) is 0 Å². The Balaban J connectivity index is 1.69. The molecule has 2 aliphatic carbocycles. The molecule has 2 saturated carbocycles. The van der Waals surface area contributed by atoms with Crippen LogP contribution in [0.25, 0.3) is 0 Å². The second kappa shape index (κ2) is 2.47. The van der Waals surface area contributed by atoms with E-state index in [-0.39, 0.29) is 0 Å². The summed E-state index contributed by atoms with van der Waals surface area (Å²) in [4.78, 5) is 0. The fourth-order valence-corrected chi connectivity index (χ4v) is 3.22. The van der Waals surface area contributed by atoms with E-state index in [0.29, 0.717) is 0 Å². The number of rotatable bonds is 2. The van der Waals surface area contributed by atoms with Crippen molar-refractivity contribution in [1.29, 1.82) is 0 Å². The van der Waals surface area contributed by atoms with Gasteiger partial charge in [0.2, 0.25) is 0 Å². The van der Waals surface area contributed by atoms with Gasteiger partial charge in [0.25, 0.3) is 0 Å². The number of ether oxygens (including phenoxy) is 1. The maximum atomic E-state index is 5.42. The van der Waals surface area contributed by atoms with Crippen LogP contribution in [0.1, 0.15) is 38.5 Å².